The van der Waals surface area contributed by atoms with Crippen LogP contribution < -0.4 is 9.47 Å². The highest BCUT2D eigenvalue weighted by molar-refractivity contribution is 7.12. The van der Waals surface area contributed by atoms with Crippen LogP contribution in [-0.2, 0) is 0 Å². The van der Waals surface area contributed by atoms with Crippen molar-refractivity contribution >= 4 is 11.3 Å². The van der Waals surface area contributed by atoms with E-state index in [1.165, 1.54) is 5.56 Å². The number of benzene rings is 2. The normalized spacial score (nSPS) is 16.3. The molecule has 1 unspecified atom stereocenters. The van der Waals surface area contributed by atoms with Gasteiger partial charge in [-0.15, -0.1) is 11.3 Å². The molecule has 98 valence electrons. The van der Waals surface area contributed by atoms with Crippen molar-refractivity contribution in [1.29, 1.82) is 0 Å². The standard InChI is InChI=1S/C17H12O2S/c1-2-6-12(7-3-1)13-8-4-5-9-14(13)16-18-15-10-11-20-17(15)19-16/h1-11,16H. The van der Waals surface area contributed by atoms with E-state index in [0.717, 1.165) is 21.9 Å². The van der Waals surface area contributed by atoms with Crippen molar-refractivity contribution in [3.05, 3.63) is 71.6 Å². The first-order valence-electron chi connectivity index (χ1n) is 6.47. The summed E-state index contributed by atoms with van der Waals surface area (Å²) in [4.78, 5) is 0. The smallest absolute Gasteiger partial charge is 0.269 e. The highest BCUT2D eigenvalue weighted by Crippen LogP contribution is 2.45. The highest BCUT2D eigenvalue weighted by atomic mass is 32.1. The predicted octanol–water partition coefficient (Wildman–Crippen LogP) is 4.89. The van der Waals surface area contributed by atoms with Gasteiger partial charge in [0, 0.05) is 5.56 Å². The van der Waals surface area contributed by atoms with Gasteiger partial charge in [-0.05, 0) is 22.6 Å². The summed E-state index contributed by atoms with van der Waals surface area (Å²) in [6.07, 6.45) is -0.353. The van der Waals surface area contributed by atoms with Gasteiger partial charge >= 0.3 is 0 Å². The molecule has 1 aliphatic rings. The van der Waals surface area contributed by atoms with Crippen molar-refractivity contribution < 1.29 is 9.47 Å². The number of rotatable bonds is 2. The highest BCUT2D eigenvalue weighted by Gasteiger charge is 2.28. The SMILES string of the molecule is c1ccc(-c2ccccc2C2Oc3ccsc3O2)cc1. The quantitative estimate of drug-likeness (QED) is 0.665. The second-order valence-corrected chi connectivity index (χ2v) is 5.47. The number of ether oxygens (including phenoxy) is 2. The van der Waals surface area contributed by atoms with E-state index in [-0.39, 0.29) is 6.29 Å². The van der Waals surface area contributed by atoms with Crippen LogP contribution in [0, 0.1) is 0 Å². The molecule has 0 N–H and O–H groups in total. The molecular weight excluding hydrogens is 268 g/mol. The van der Waals surface area contributed by atoms with Crippen LogP contribution in [0.3, 0.4) is 0 Å². The Morgan fingerprint density at radius 1 is 0.800 bits per heavy atom. The molecule has 3 aromatic rings. The molecule has 0 bridgehead atoms. The molecule has 0 saturated carbocycles. The Bertz CT molecular complexity index is 713. The molecule has 2 aromatic carbocycles. The Morgan fingerprint density at radius 3 is 2.45 bits per heavy atom. The third-order valence-corrected chi connectivity index (χ3v) is 4.13. The number of hydrogen-bond donors (Lipinski definition) is 0. The first-order valence-corrected chi connectivity index (χ1v) is 7.35. The molecule has 0 fully saturated rings. The number of thiophene rings is 1. The Morgan fingerprint density at radius 2 is 1.60 bits per heavy atom. The minimum atomic E-state index is -0.353. The topological polar surface area (TPSA) is 18.5 Å². The molecule has 0 amide bonds. The molecule has 1 atom stereocenters. The van der Waals surface area contributed by atoms with Gasteiger partial charge in [0.15, 0.2) is 5.75 Å². The van der Waals surface area contributed by atoms with Crippen molar-refractivity contribution in [3.63, 3.8) is 0 Å². The van der Waals surface area contributed by atoms with Crippen LogP contribution in [0.1, 0.15) is 11.9 Å². The van der Waals surface area contributed by atoms with Crippen LogP contribution in [0.2, 0.25) is 0 Å². The first-order chi connectivity index (χ1) is 9.92. The second-order valence-electron chi connectivity index (χ2n) is 4.59. The summed E-state index contributed by atoms with van der Waals surface area (Å²) in [6, 6.07) is 20.5. The fourth-order valence-electron chi connectivity index (χ4n) is 2.40. The zero-order valence-corrected chi connectivity index (χ0v) is 11.5. The van der Waals surface area contributed by atoms with Crippen molar-refractivity contribution in [2.24, 2.45) is 0 Å². The Labute approximate surface area is 121 Å². The Kier molecular flexibility index (Phi) is 2.71. The molecule has 0 saturated heterocycles. The van der Waals surface area contributed by atoms with Crippen LogP contribution in [0.5, 0.6) is 10.8 Å². The fraction of sp³-hybridized carbons (Fsp3) is 0.0588. The maximum absolute atomic E-state index is 5.89. The molecule has 20 heavy (non-hydrogen) atoms. The number of hydrogen-bond acceptors (Lipinski definition) is 3. The molecule has 1 aliphatic heterocycles. The summed E-state index contributed by atoms with van der Waals surface area (Å²) in [5.41, 5.74) is 3.38. The van der Waals surface area contributed by atoms with Gasteiger partial charge < -0.3 is 9.47 Å². The van der Waals surface area contributed by atoms with Crippen LogP contribution in [0.25, 0.3) is 11.1 Å². The van der Waals surface area contributed by atoms with E-state index in [1.54, 1.807) is 11.3 Å². The minimum absolute atomic E-state index is 0.353. The van der Waals surface area contributed by atoms with Gasteiger partial charge in [-0.25, -0.2) is 0 Å². The van der Waals surface area contributed by atoms with Crippen molar-refractivity contribution in [2.45, 2.75) is 6.29 Å². The average molecular weight is 280 g/mol. The molecule has 4 rings (SSSR count). The second kappa shape index (κ2) is 4.69. The Hall–Kier alpha value is -2.26. The summed E-state index contributed by atoms with van der Waals surface area (Å²) in [7, 11) is 0. The van der Waals surface area contributed by atoms with Crippen LogP contribution in [0.15, 0.2) is 66.0 Å². The largest absolute Gasteiger partial charge is 0.446 e. The minimum Gasteiger partial charge on any atom is -0.446 e. The fourth-order valence-corrected chi connectivity index (χ4v) is 3.09. The zero-order chi connectivity index (χ0) is 13.4. The summed E-state index contributed by atoms with van der Waals surface area (Å²) in [5, 5.41) is 2.84. The van der Waals surface area contributed by atoms with Crippen LogP contribution in [-0.4, -0.2) is 0 Å². The zero-order valence-electron chi connectivity index (χ0n) is 10.7. The van der Waals surface area contributed by atoms with Crippen molar-refractivity contribution in [2.75, 3.05) is 0 Å². The van der Waals surface area contributed by atoms with Gasteiger partial charge in [0.1, 0.15) is 0 Å². The summed E-state index contributed by atoms with van der Waals surface area (Å²) in [6.45, 7) is 0. The van der Waals surface area contributed by atoms with E-state index in [0.29, 0.717) is 0 Å². The average Bonchev–Trinajstić information content (AvgIpc) is 3.09. The molecular formula is C17H12O2S. The Balaban J connectivity index is 1.75. The molecule has 3 heteroatoms. The molecule has 1 aromatic heterocycles. The van der Waals surface area contributed by atoms with Crippen LogP contribution >= 0.6 is 11.3 Å². The first kappa shape index (κ1) is 11.6. The summed E-state index contributed by atoms with van der Waals surface area (Å²) >= 11 is 1.56. The molecule has 0 radical (unpaired) electrons. The maximum atomic E-state index is 5.89. The van der Waals surface area contributed by atoms with E-state index in [2.05, 4.69) is 24.3 Å². The lowest BCUT2D eigenvalue weighted by molar-refractivity contribution is 0.0507. The van der Waals surface area contributed by atoms with Gasteiger partial charge in [-0.1, -0.05) is 54.6 Å². The molecule has 0 spiro atoms. The van der Waals surface area contributed by atoms with E-state index >= 15 is 0 Å². The number of fused-ring (bicyclic) bond motifs is 1. The third kappa shape index (κ3) is 1.87. The van der Waals surface area contributed by atoms with E-state index in [9.17, 15) is 0 Å². The van der Waals surface area contributed by atoms with E-state index in [1.807, 2.05) is 41.8 Å². The summed E-state index contributed by atoms with van der Waals surface area (Å²) in [5.74, 6) is 0.836. The summed E-state index contributed by atoms with van der Waals surface area (Å²) < 4.78 is 11.8. The van der Waals surface area contributed by atoms with E-state index in [4.69, 9.17) is 9.47 Å². The van der Waals surface area contributed by atoms with E-state index < -0.39 is 0 Å². The lowest BCUT2D eigenvalue weighted by Crippen LogP contribution is -2.09. The van der Waals surface area contributed by atoms with Gasteiger partial charge in [0.2, 0.25) is 5.06 Å². The molecule has 2 heterocycles. The molecule has 2 nitrogen and oxygen atoms in total. The van der Waals surface area contributed by atoms with Crippen LogP contribution in [0.4, 0.5) is 0 Å². The monoisotopic (exact) mass is 280 g/mol. The van der Waals surface area contributed by atoms with Crippen molar-refractivity contribution in [3.8, 4) is 21.9 Å². The van der Waals surface area contributed by atoms with Gasteiger partial charge in [-0.3, -0.25) is 0 Å². The predicted molar refractivity (Wildman–Crippen MR) is 80.2 cm³/mol. The lowest BCUT2D eigenvalue weighted by Gasteiger charge is -2.15. The lowest BCUT2D eigenvalue weighted by atomic mass is 9.99. The van der Waals surface area contributed by atoms with Gasteiger partial charge in [0.05, 0.1) is 0 Å². The van der Waals surface area contributed by atoms with Gasteiger partial charge in [-0.2, -0.15) is 0 Å². The maximum Gasteiger partial charge on any atom is 0.269 e. The third-order valence-electron chi connectivity index (χ3n) is 3.34. The molecule has 0 aliphatic carbocycles. The van der Waals surface area contributed by atoms with Gasteiger partial charge in [0.25, 0.3) is 6.29 Å². The van der Waals surface area contributed by atoms with Crippen molar-refractivity contribution in [1.82, 2.24) is 0 Å².